The van der Waals surface area contributed by atoms with Gasteiger partial charge in [0.05, 0.1) is 34.9 Å². The Morgan fingerprint density at radius 1 is 1.02 bits per heavy atom. The summed E-state index contributed by atoms with van der Waals surface area (Å²) in [6, 6.07) is 6.25. The van der Waals surface area contributed by atoms with Gasteiger partial charge >= 0.3 is 12.3 Å². The topological polar surface area (TPSA) is 134 Å². The number of hydrogen-bond donors (Lipinski definition) is 1. The van der Waals surface area contributed by atoms with Crippen LogP contribution in [0, 0.1) is 16.7 Å². The molecule has 4 aromatic heterocycles. The molecule has 0 saturated carbocycles. The van der Waals surface area contributed by atoms with Crippen LogP contribution in [0.2, 0.25) is 0 Å². The predicted molar refractivity (Wildman–Crippen MR) is 188 cm³/mol. The third-order valence-electron chi connectivity index (χ3n) is 10.3. The van der Waals surface area contributed by atoms with E-state index in [0.717, 1.165) is 42.0 Å². The fourth-order valence-electron chi connectivity index (χ4n) is 6.98. The number of likely N-dealkylation sites (tertiary alicyclic amines) is 1. The summed E-state index contributed by atoms with van der Waals surface area (Å²) in [6.45, 7) is 10.5. The minimum absolute atomic E-state index is 0.123. The van der Waals surface area contributed by atoms with Crippen molar-refractivity contribution in [2.75, 3.05) is 31.1 Å². The number of aromatic nitrogens is 5. The number of nitrogens with one attached hydrogen (secondary N) is 1. The van der Waals surface area contributed by atoms with E-state index in [0.29, 0.717) is 62.3 Å². The van der Waals surface area contributed by atoms with Crippen LogP contribution in [0.4, 0.5) is 23.8 Å². The highest BCUT2D eigenvalue weighted by atomic mass is 19.4. The highest BCUT2D eigenvalue weighted by molar-refractivity contribution is 5.87. The van der Waals surface area contributed by atoms with E-state index in [2.05, 4.69) is 21.6 Å². The summed E-state index contributed by atoms with van der Waals surface area (Å²) in [5.41, 5.74) is 2.91. The third-order valence-corrected chi connectivity index (χ3v) is 10.3. The summed E-state index contributed by atoms with van der Waals surface area (Å²) in [4.78, 5) is 34.0. The molecule has 2 amide bonds. The molecule has 2 aliphatic heterocycles. The minimum atomic E-state index is -4.50. The normalized spacial score (nSPS) is 17.5. The largest absolute Gasteiger partial charge is 0.444 e. The van der Waals surface area contributed by atoms with Gasteiger partial charge in [0, 0.05) is 67.0 Å². The minimum Gasteiger partial charge on any atom is -0.444 e. The van der Waals surface area contributed by atoms with E-state index in [9.17, 15) is 28.0 Å². The molecule has 52 heavy (non-hydrogen) atoms. The Bertz CT molecular complexity index is 1960. The average Bonchev–Trinajstić information content (AvgIpc) is 3.78. The Hall–Kier alpha value is -5.13. The smallest absolute Gasteiger partial charge is 0.410 e. The zero-order chi connectivity index (χ0) is 37.4. The summed E-state index contributed by atoms with van der Waals surface area (Å²) in [7, 11) is 0. The van der Waals surface area contributed by atoms with Crippen LogP contribution in [0.25, 0.3) is 27.8 Å². The van der Waals surface area contributed by atoms with Crippen molar-refractivity contribution < 1.29 is 27.5 Å². The fraction of sp³-hybridized carbons (Fsp3) is 0.514. The molecule has 0 aromatic carbocycles. The Kier molecular flexibility index (Phi) is 9.95. The Balaban J connectivity index is 1.18. The van der Waals surface area contributed by atoms with E-state index >= 15 is 0 Å². The van der Waals surface area contributed by atoms with E-state index < -0.39 is 29.1 Å². The monoisotopic (exact) mass is 719 g/mol. The number of carbonyl (C=O) groups excluding carboxylic acids is 2. The van der Waals surface area contributed by atoms with Crippen molar-refractivity contribution >= 4 is 23.3 Å². The SMILES string of the molecule is CCC1(C(=O)N[C@H](C)C(F)(F)F)CCN(c2ccc(-c3cc(-c4cnn(C5CCN(C(=O)OC(C)(C)C)CC5)c4)cn4ncc(C#N)c34)cn2)CC1. The van der Waals surface area contributed by atoms with Crippen LogP contribution in [-0.4, -0.2) is 85.3 Å². The Morgan fingerprint density at radius 3 is 2.33 bits per heavy atom. The number of halogens is 3. The molecule has 1 N–H and O–H groups in total. The molecule has 15 heteroatoms. The first-order valence-electron chi connectivity index (χ1n) is 17.6. The molecule has 0 bridgehead atoms. The van der Waals surface area contributed by atoms with Crippen LogP contribution in [0.3, 0.4) is 0 Å². The molecule has 0 aliphatic carbocycles. The van der Waals surface area contributed by atoms with Crippen LogP contribution in [-0.2, 0) is 9.53 Å². The number of fused-ring (bicyclic) bond motifs is 1. The number of nitrogens with zero attached hydrogens (tertiary/aromatic N) is 8. The first kappa shape index (κ1) is 36.7. The van der Waals surface area contributed by atoms with E-state index in [-0.39, 0.29) is 12.1 Å². The van der Waals surface area contributed by atoms with Gasteiger partial charge in [0.2, 0.25) is 5.91 Å². The van der Waals surface area contributed by atoms with Crippen molar-refractivity contribution in [2.45, 2.75) is 90.6 Å². The zero-order valence-electron chi connectivity index (χ0n) is 30.1. The lowest BCUT2D eigenvalue weighted by molar-refractivity contribution is -0.162. The van der Waals surface area contributed by atoms with Crippen LogP contribution < -0.4 is 10.2 Å². The molecule has 6 rings (SSSR count). The molecule has 276 valence electrons. The van der Waals surface area contributed by atoms with E-state index in [1.54, 1.807) is 21.8 Å². The Morgan fingerprint density at radius 2 is 1.73 bits per heavy atom. The number of anilines is 1. The number of carbonyl (C=O) groups is 2. The van der Waals surface area contributed by atoms with Gasteiger partial charge in [-0.25, -0.2) is 14.3 Å². The highest BCUT2D eigenvalue weighted by Gasteiger charge is 2.44. The molecule has 1 atom stereocenters. The highest BCUT2D eigenvalue weighted by Crippen LogP contribution is 2.38. The summed E-state index contributed by atoms with van der Waals surface area (Å²) >= 11 is 0. The number of pyridine rings is 2. The van der Waals surface area contributed by atoms with Crippen molar-refractivity contribution in [1.82, 2.24) is 34.6 Å². The number of ether oxygens (including phenoxy) is 1. The fourth-order valence-corrected chi connectivity index (χ4v) is 6.98. The van der Waals surface area contributed by atoms with Crippen LogP contribution >= 0.6 is 0 Å². The molecule has 6 heterocycles. The number of hydrogen-bond acceptors (Lipinski definition) is 8. The third kappa shape index (κ3) is 7.56. The number of alkyl halides is 3. The molecule has 2 fully saturated rings. The molecule has 12 nitrogen and oxygen atoms in total. The molecule has 2 saturated heterocycles. The second-order valence-electron chi connectivity index (χ2n) is 14.8. The molecule has 4 aromatic rings. The van der Waals surface area contributed by atoms with Gasteiger partial charge in [0.1, 0.15) is 23.5 Å². The van der Waals surface area contributed by atoms with Crippen molar-refractivity contribution in [3.05, 3.63) is 54.7 Å². The number of piperidine rings is 2. The van der Waals surface area contributed by atoms with Crippen molar-refractivity contribution in [1.29, 1.82) is 5.26 Å². The van der Waals surface area contributed by atoms with Crippen LogP contribution in [0.5, 0.6) is 0 Å². The maximum atomic E-state index is 13.1. The first-order valence-corrected chi connectivity index (χ1v) is 17.6. The first-order chi connectivity index (χ1) is 24.6. The quantitative estimate of drug-likeness (QED) is 0.221. The summed E-state index contributed by atoms with van der Waals surface area (Å²) in [5.74, 6) is 0.132. The summed E-state index contributed by atoms with van der Waals surface area (Å²) < 4.78 is 48.6. The summed E-state index contributed by atoms with van der Waals surface area (Å²) in [5, 5.41) is 21.2. The number of amides is 2. The van der Waals surface area contributed by atoms with Crippen molar-refractivity contribution in [3.8, 4) is 28.3 Å². The van der Waals surface area contributed by atoms with Crippen molar-refractivity contribution in [3.63, 3.8) is 0 Å². The lowest BCUT2D eigenvalue weighted by atomic mass is 9.75. The standard InChI is InChI=1S/C37H44F3N9O3/c1-6-36(33(50)45-24(2)37(38,39)40)11-15-46(16-12-36)31-8-7-25(19-42-31)30-17-26(22-49-32(30)27(18-41)20-44-49)28-21-43-48(23-28)29-9-13-47(14-10-29)34(51)52-35(3,4)5/h7-8,17,19-24,29H,6,9-16H2,1-5H3,(H,45,50)/t24-/m1/s1. The molecular formula is C37H44F3N9O3. The van der Waals surface area contributed by atoms with Gasteiger partial charge in [-0.2, -0.15) is 28.6 Å². The second kappa shape index (κ2) is 14.1. The number of rotatable bonds is 7. The zero-order valence-corrected chi connectivity index (χ0v) is 30.1. The molecule has 0 spiro atoms. The molecular weight excluding hydrogens is 675 g/mol. The van der Waals surface area contributed by atoms with Gasteiger partial charge in [-0.3, -0.25) is 9.48 Å². The molecule has 0 unspecified atom stereocenters. The lowest BCUT2D eigenvalue weighted by Crippen LogP contribution is -2.53. The maximum absolute atomic E-state index is 13.1. The summed E-state index contributed by atoms with van der Waals surface area (Å²) in [6.07, 6.45) is 6.87. The van der Waals surface area contributed by atoms with Gasteiger partial charge in [-0.15, -0.1) is 0 Å². The lowest BCUT2D eigenvalue weighted by Gasteiger charge is -2.41. The van der Waals surface area contributed by atoms with E-state index in [1.807, 2.05) is 67.9 Å². The van der Waals surface area contributed by atoms with Crippen LogP contribution in [0.15, 0.2) is 49.2 Å². The predicted octanol–water partition coefficient (Wildman–Crippen LogP) is 6.77. The second-order valence-corrected chi connectivity index (χ2v) is 14.8. The van der Waals surface area contributed by atoms with Gasteiger partial charge in [-0.05, 0) is 78.0 Å². The molecule has 2 aliphatic rings. The van der Waals surface area contributed by atoms with Crippen LogP contribution in [0.1, 0.15) is 78.3 Å². The number of nitriles is 1. The van der Waals surface area contributed by atoms with Gasteiger partial charge in [-0.1, -0.05) is 6.92 Å². The van der Waals surface area contributed by atoms with Gasteiger partial charge in [0.25, 0.3) is 0 Å². The van der Waals surface area contributed by atoms with E-state index in [4.69, 9.17) is 9.72 Å². The van der Waals surface area contributed by atoms with E-state index in [1.165, 1.54) is 6.20 Å². The van der Waals surface area contributed by atoms with Crippen molar-refractivity contribution in [2.24, 2.45) is 5.41 Å². The maximum Gasteiger partial charge on any atom is 0.410 e. The molecule has 0 radical (unpaired) electrons. The average molecular weight is 720 g/mol. The van der Waals surface area contributed by atoms with Gasteiger partial charge in [0.15, 0.2) is 0 Å². The van der Waals surface area contributed by atoms with Gasteiger partial charge < -0.3 is 19.9 Å². The Labute approximate surface area is 300 Å².